The van der Waals surface area contributed by atoms with Gasteiger partial charge in [0.25, 0.3) is 0 Å². The van der Waals surface area contributed by atoms with Gasteiger partial charge in [0.05, 0.1) is 0 Å². The lowest BCUT2D eigenvalue weighted by Gasteiger charge is -2.58. The van der Waals surface area contributed by atoms with Crippen LogP contribution in [0.1, 0.15) is 91.7 Å². The summed E-state index contributed by atoms with van der Waals surface area (Å²) in [4.78, 5) is 22.4. The monoisotopic (exact) mass is 479 g/mol. The number of hydroxylamine groups is 2. The third kappa shape index (κ3) is 6.45. The number of carbonyl (C=O) groups excluding carboxylic acids is 1. The number of unbranched alkanes of at least 4 members (excludes halogenated alkanes) is 1. The van der Waals surface area contributed by atoms with Crippen LogP contribution in [0.15, 0.2) is 60.7 Å². The summed E-state index contributed by atoms with van der Waals surface area (Å²) in [6.45, 7) is 14.1. The van der Waals surface area contributed by atoms with Gasteiger partial charge in [-0.3, -0.25) is 4.84 Å². The lowest BCUT2D eigenvalue weighted by molar-refractivity contribution is -0.318. The third-order valence-electron chi connectivity index (χ3n) is 7.66. The highest BCUT2D eigenvalue weighted by atomic mass is 16.7. The van der Waals surface area contributed by atoms with Crippen molar-refractivity contribution in [2.75, 3.05) is 11.9 Å². The fourth-order valence-electron chi connectivity index (χ4n) is 5.63. The lowest BCUT2D eigenvalue weighted by Crippen LogP contribution is -2.66. The van der Waals surface area contributed by atoms with Gasteiger partial charge in [0.2, 0.25) is 0 Å². The van der Waals surface area contributed by atoms with Gasteiger partial charge < -0.3 is 10.2 Å². The number of carbonyl (C=O) groups is 1. The second kappa shape index (κ2) is 12.0. The van der Waals surface area contributed by atoms with Crippen molar-refractivity contribution in [3.05, 3.63) is 66.2 Å². The molecule has 0 radical (unpaired) electrons. The van der Waals surface area contributed by atoms with Crippen LogP contribution >= 0.6 is 0 Å². The molecule has 5 nitrogen and oxygen atoms in total. The summed E-state index contributed by atoms with van der Waals surface area (Å²) in [5.41, 5.74) is 1.65. The Labute approximate surface area is 212 Å². The smallest absolute Gasteiger partial charge is 0.321 e. The Balaban J connectivity index is 1.87. The summed E-state index contributed by atoms with van der Waals surface area (Å²) >= 11 is 0. The molecule has 0 aliphatic carbocycles. The van der Waals surface area contributed by atoms with Crippen LogP contribution in [0, 0.1) is 0 Å². The Bertz CT molecular complexity index is 912. The molecule has 3 rings (SSSR count). The molecule has 0 aromatic heterocycles. The molecule has 0 saturated carbocycles. The van der Waals surface area contributed by atoms with Crippen molar-refractivity contribution in [1.82, 2.24) is 9.96 Å². The number of para-hydroxylation sites is 1. The zero-order chi connectivity index (χ0) is 25.5. The van der Waals surface area contributed by atoms with E-state index in [-0.39, 0.29) is 29.3 Å². The second-order valence-corrected chi connectivity index (χ2v) is 10.6. The van der Waals surface area contributed by atoms with Crippen molar-refractivity contribution in [2.24, 2.45) is 0 Å². The van der Waals surface area contributed by atoms with Crippen molar-refractivity contribution in [3.63, 3.8) is 0 Å². The number of piperidine rings is 1. The first kappa shape index (κ1) is 27.2. The molecule has 2 atom stereocenters. The molecule has 5 heteroatoms. The predicted octanol–water partition coefficient (Wildman–Crippen LogP) is 7.82. The van der Waals surface area contributed by atoms with Crippen molar-refractivity contribution in [2.45, 2.75) is 103 Å². The molecule has 1 N–H and O–H groups in total. The molecule has 2 aromatic carbocycles. The Kier molecular flexibility index (Phi) is 9.37. The number of amides is 2. The number of benzene rings is 2. The molecular weight excluding hydrogens is 434 g/mol. The zero-order valence-electron chi connectivity index (χ0n) is 22.6. The van der Waals surface area contributed by atoms with Crippen LogP contribution in [0.25, 0.3) is 0 Å². The van der Waals surface area contributed by atoms with Crippen molar-refractivity contribution in [3.8, 4) is 0 Å². The average molecular weight is 480 g/mol. The van der Waals surface area contributed by atoms with Crippen LogP contribution in [-0.4, -0.2) is 39.7 Å². The number of nitrogens with one attached hydrogen (secondary N) is 1. The van der Waals surface area contributed by atoms with Crippen molar-refractivity contribution < 1.29 is 9.63 Å². The minimum atomic E-state index is -0.227. The standard InChI is InChI=1S/C30H45N3O2/c1-7-10-21-32(28(34)31-26-19-15-12-16-20-26)27-22-29(5,6)33(30(8-2,9-3)23-27)35-24(4)25-17-13-11-14-18-25/h11-20,24,27H,7-10,21-23H2,1-6H3,(H,31,34). The van der Waals surface area contributed by atoms with Gasteiger partial charge in [-0.25, -0.2) is 4.79 Å². The minimum Gasteiger partial charge on any atom is -0.321 e. The van der Waals surface area contributed by atoms with Crippen LogP contribution in [-0.2, 0) is 4.84 Å². The maximum absolute atomic E-state index is 13.5. The summed E-state index contributed by atoms with van der Waals surface area (Å²) in [6, 6.07) is 20.4. The summed E-state index contributed by atoms with van der Waals surface area (Å²) in [7, 11) is 0. The summed E-state index contributed by atoms with van der Waals surface area (Å²) in [6.07, 6.45) is 5.71. The van der Waals surface area contributed by atoms with E-state index in [0.29, 0.717) is 0 Å². The molecule has 0 spiro atoms. The van der Waals surface area contributed by atoms with Crippen molar-refractivity contribution >= 4 is 11.7 Å². The topological polar surface area (TPSA) is 44.8 Å². The molecule has 1 fully saturated rings. The number of hydrogen-bond acceptors (Lipinski definition) is 3. The molecule has 35 heavy (non-hydrogen) atoms. The van der Waals surface area contributed by atoms with Crippen LogP contribution in [0.4, 0.5) is 10.5 Å². The lowest BCUT2D eigenvalue weighted by atomic mass is 9.73. The Morgan fingerprint density at radius 1 is 1.03 bits per heavy atom. The molecule has 1 aliphatic rings. The van der Waals surface area contributed by atoms with E-state index in [1.54, 1.807) is 0 Å². The maximum Gasteiger partial charge on any atom is 0.322 e. The normalized spacial score (nSPS) is 20.2. The Hall–Kier alpha value is -2.37. The van der Waals surface area contributed by atoms with E-state index in [4.69, 9.17) is 4.84 Å². The van der Waals surface area contributed by atoms with E-state index in [0.717, 1.165) is 50.8 Å². The second-order valence-electron chi connectivity index (χ2n) is 10.6. The molecular formula is C30H45N3O2. The highest BCUT2D eigenvalue weighted by Crippen LogP contribution is 2.46. The van der Waals surface area contributed by atoms with Gasteiger partial charge in [-0.05, 0) is 70.6 Å². The first-order valence-electron chi connectivity index (χ1n) is 13.4. The molecule has 1 heterocycles. The molecule has 2 amide bonds. The Morgan fingerprint density at radius 2 is 1.63 bits per heavy atom. The van der Waals surface area contributed by atoms with Gasteiger partial charge in [0, 0.05) is 29.4 Å². The summed E-state index contributed by atoms with van der Waals surface area (Å²) in [5, 5.41) is 5.44. The molecule has 2 aromatic rings. The van der Waals surface area contributed by atoms with Crippen molar-refractivity contribution in [1.29, 1.82) is 0 Å². The summed E-state index contributed by atoms with van der Waals surface area (Å²) in [5.74, 6) is 0. The zero-order valence-corrected chi connectivity index (χ0v) is 22.6. The van der Waals surface area contributed by atoms with E-state index < -0.39 is 0 Å². The largest absolute Gasteiger partial charge is 0.322 e. The van der Waals surface area contributed by atoms with Gasteiger partial charge in [-0.2, -0.15) is 5.06 Å². The van der Waals surface area contributed by atoms with Crippen LogP contribution < -0.4 is 5.32 Å². The van der Waals surface area contributed by atoms with E-state index in [2.05, 4.69) is 81.1 Å². The van der Waals surface area contributed by atoms with E-state index in [9.17, 15) is 4.79 Å². The van der Waals surface area contributed by atoms with Crippen LogP contribution in [0.2, 0.25) is 0 Å². The van der Waals surface area contributed by atoms with Gasteiger partial charge in [0.1, 0.15) is 6.10 Å². The van der Waals surface area contributed by atoms with Gasteiger partial charge >= 0.3 is 6.03 Å². The van der Waals surface area contributed by atoms with E-state index in [1.807, 2.05) is 36.4 Å². The number of anilines is 1. The molecule has 1 saturated heterocycles. The van der Waals surface area contributed by atoms with E-state index >= 15 is 0 Å². The first-order chi connectivity index (χ1) is 16.8. The fraction of sp³-hybridized carbons (Fsp3) is 0.567. The maximum atomic E-state index is 13.5. The van der Waals surface area contributed by atoms with E-state index in [1.165, 1.54) is 5.56 Å². The van der Waals surface area contributed by atoms with Crippen LogP contribution in [0.3, 0.4) is 0 Å². The summed E-state index contributed by atoms with van der Waals surface area (Å²) < 4.78 is 0. The Morgan fingerprint density at radius 3 is 2.20 bits per heavy atom. The molecule has 1 aliphatic heterocycles. The van der Waals surface area contributed by atoms with Gasteiger partial charge in [-0.15, -0.1) is 0 Å². The minimum absolute atomic E-state index is 0.00132. The third-order valence-corrected chi connectivity index (χ3v) is 7.66. The number of rotatable bonds is 10. The highest BCUT2D eigenvalue weighted by Gasteiger charge is 2.52. The first-order valence-corrected chi connectivity index (χ1v) is 13.4. The SMILES string of the molecule is CCCCN(C(=O)Nc1ccccc1)C1CC(C)(C)N(OC(C)c2ccccc2)C(CC)(CC)C1. The highest BCUT2D eigenvalue weighted by molar-refractivity contribution is 5.89. The number of urea groups is 1. The van der Waals surface area contributed by atoms with Gasteiger partial charge in [-0.1, -0.05) is 75.7 Å². The average Bonchev–Trinajstić information content (AvgIpc) is 2.86. The number of hydrogen-bond donors (Lipinski definition) is 1. The molecule has 2 unspecified atom stereocenters. The van der Waals surface area contributed by atoms with Crippen LogP contribution in [0.5, 0.6) is 0 Å². The fourth-order valence-corrected chi connectivity index (χ4v) is 5.63. The molecule has 0 bridgehead atoms. The van der Waals surface area contributed by atoms with Gasteiger partial charge in [0.15, 0.2) is 0 Å². The predicted molar refractivity (Wildman–Crippen MR) is 145 cm³/mol. The quantitative estimate of drug-likeness (QED) is 0.378. The number of nitrogens with zero attached hydrogens (tertiary/aromatic N) is 2. The molecule has 192 valence electrons.